The molecule has 0 aliphatic heterocycles. The van der Waals surface area contributed by atoms with Crippen LogP contribution in [0.5, 0.6) is 5.75 Å². The van der Waals surface area contributed by atoms with Crippen LogP contribution in [0.25, 0.3) is 0 Å². The van der Waals surface area contributed by atoms with Gasteiger partial charge >= 0.3 is 12.1 Å². The zero-order valence-corrected chi connectivity index (χ0v) is 16.8. The summed E-state index contributed by atoms with van der Waals surface area (Å²) in [5, 5.41) is 12.8. The number of amides is 1. The summed E-state index contributed by atoms with van der Waals surface area (Å²) in [6.07, 6.45) is -0.155. The molecule has 1 amide bonds. The summed E-state index contributed by atoms with van der Waals surface area (Å²) in [6, 6.07) is 6.48. The molecule has 0 bridgehead atoms. The second-order valence-electron chi connectivity index (χ2n) is 7.18. The average molecular weight is 381 g/mol. The van der Waals surface area contributed by atoms with E-state index in [2.05, 4.69) is 5.32 Å². The number of aliphatic hydroxyl groups is 1. The highest BCUT2D eigenvalue weighted by Gasteiger charge is 2.31. The Labute approximate surface area is 161 Å². The number of hydrogen-bond acceptors (Lipinski definition) is 6. The zero-order valence-electron chi connectivity index (χ0n) is 16.8. The van der Waals surface area contributed by atoms with Gasteiger partial charge in [0.2, 0.25) is 0 Å². The minimum atomic E-state index is -1.17. The Balaban J connectivity index is 2.62. The molecule has 0 saturated heterocycles. The van der Waals surface area contributed by atoms with Gasteiger partial charge in [-0.1, -0.05) is 12.1 Å². The zero-order chi connectivity index (χ0) is 20.4. The third kappa shape index (κ3) is 8.77. The molecule has 7 heteroatoms. The number of benzene rings is 1. The lowest BCUT2D eigenvalue weighted by atomic mass is 10.0. The first-order valence-electron chi connectivity index (χ1n) is 9.13. The number of carbonyl (C=O) groups is 2. The monoisotopic (exact) mass is 381 g/mol. The van der Waals surface area contributed by atoms with Gasteiger partial charge in [0.05, 0.1) is 19.8 Å². The van der Waals surface area contributed by atoms with Crippen LogP contribution in [0.2, 0.25) is 0 Å². The molecule has 2 N–H and O–H groups in total. The maximum atomic E-state index is 12.1. The fourth-order valence-corrected chi connectivity index (χ4v) is 2.45. The smallest absolute Gasteiger partial charge is 0.408 e. The van der Waals surface area contributed by atoms with Crippen molar-refractivity contribution >= 4 is 12.1 Å². The molecule has 1 aromatic carbocycles. The molecule has 0 fully saturated rings. The fraction of sp³-hybridized carbons (Fsp3) is 0.600. The average Bonchev–Trinajstić information content (AvgIpc) is 2.58. The second-order valence-corrected chi connectivity index (χ2v) is 7.18. The number of aliphatic hydroxyl groups excluding tert-OH is 1. The number of alkyl carbamates (subject to hydrolysis) is 1. The highest BCUT2D eigenvalue weighted by molar-refractivity contribution is 5.82. The van der Waals surface area contributed by atoms with Crippen molar-refractivity contribution < 1.29 is 28.9 Å². The first-order chi connectivity index (χ1) is 12.7. The summed E-state index contributed by atoms with van der Waals surface area (Å²) < 4.78 is 15.2. The Kier molecular flexibility index (Phi) is 9.08. The third-order valence-electron chi connectivity index (χ3n) is 3.72. The molecule has 2 atom stereocenters. The topological polar surface area (TPSA) is 94.1 Å². The normalized spacial score (nSPS) is 13.4. The summed E-state index contributed by atoms with van der Waals surface area (Å²) in [5.41, 5.74) is 0.388. The van der Waals surface area contributed by atoms with E-state index < -0.39 is 29.8 Å². The lowest BCUT2D eigenvalue weighted by molar-refractivity contribution is -0.148. The van der Waals surface area contributed by atoms with E-state index in [4.69, 9.17) is 14.2 Å². The van der Waals surface area contributed by atoms with Gasteiger partial charge in [-0.15, -0.1) is 0 Å². The molecular weight excluding hydrogens is 350 g/mol. The lowest BCUT2D eigenvalue weighted by Crippen LogP contribution is -2.50. The van der Waals surface area contributed by atoms with E-state index in [0.29, 0.717) is 12.8 Å². The predicted octanol–water partition coefficient (Wildman–Crippen LogP) is 2.84. The molecule has 0 saturated carbocycles. The maximum absolute atomic E-state index is 12.1. The first-order valence-corrected chi connectivity index (χ1v) is 9.13. The number of nitrogens with one attached hydrogen (secondary N) is 1. The van der Waals surface area contributed by atoms with Gasteiger partial charge in [-0.2, -0.15) is 0 Å². The number of ether oxygens (including phenoxy) is 3. The molecule has 0 aliphatic carbocycles. The predicted molar refractivity (Wildman–Crippen MR) is 102 cm³/mol. The Morgan fingerprint density at radius 2 is 1.81 bits per heavy atom. The van der Waals surface area contributed by atoms with Crippen molar-refractivity contribution in [3.8, 4) is 5.75 Å². The Hall–Kier alpha value is -2.28. The number of rotatable bonds is 9. The standard InChI is InChI=1S/C20H31NO6/c1-6-26-18(23)17(21-19(24)27-20(2,3)4)16(22)9-7-8-14-10-12-15(25-5)13-11-14/h10-13,16-17,22H,6-9H2,1-5H3,(H,21,24). The highest BCUT2D eigenvalue weighted by atomic mass is 16.6. The Morgan fingerprint density at radius 3 is 2.33 bits per heavy atom. The van der Waals surface area contributed by atoms with Crippen molar-refractivity contribution in [2.45, 2.75) is 64.7 Å². The van der Waals surface area contributed by atoms with Gasteiger partial charge in [0.25, 0.3) is 0 Å². The molecule has 1 aromatic rings. The number of aryl methyl sites for hydroxylation is 1. The third-order valence-corrected chi connectivity index (χ3v) is 3.72. The van der Waals surface area contributed by atoms with E-state index in [1.807, 2.05) is 24.3 Å². The van der Waals surface area contributed by atoms with Crippen LogP contribution in [0, 0.1) is 0 Å². The van der Waals surface area contributed by atoms with Crippen molar-refractivity contribution in [1.29, 1.82) is 0 Å². The molecule has 0 heterocycles. The molecule has 152 valence electrons. The molecule has 7 nitrogen and oxygen atoms in total. The van der Waals surface area contributed by atoms with Gasteiger partial charge in [0.15, 0.2) is 6.04 Å². The number of carbonyl (C=O) groups excluding carboxylic acids is 2. The minimum Gasteiger partial charge on any atom is -0.497 e. The van der Waals surface area contributed by atoms with E-state index in [-0.39, 0.29) is 6.61 Å². The van der Waals surface area contributed by atoms with Crippen LogP contribution in [-0.2, 0) is 20.7 Å². The summed E-state index contributed by atoms with van der Waals surface area (Å²) >= 11 is 0. The van der Waals surface area contributed by atoms with Gasteiger partial charge in [-0.25, -0.2) is 9.59 Å². The van der Waals surface area contributed by atoms with Crippen molar-refractivity contribution in [1.82, 2.24) is 5.32 Å². The van der Waals surface area contributed by atoms with Crippen LogP contribution in [0.4, 0.5) is 4.79 Å². The summed E-state index contributed by atoms with van der Waals surface area (Å²) in [7, 11) is 1.61. The van der Waals surface area contributed by atoms with Crippen LogP contribution in [-0.4, -0.2) is 48.6 Å². The van der Waals surface area contributed by atoms with E-state index in [1.165, 1.54) is 0 Å². The van der Waals surface area contributed by atoms with Crippen molar-refractivity contribution in [3.05, 3.63) is 29.8 Å². The number of hydrogen-bond donors (Lipinski definition) is 2. The van der Waals surface area contributed by atoms with Crippen LogP contribution in [0.15, 0.2) is 24.3 Å². The Morgan fingerprint density at radius 1 is 1.19 bits per heavy atom. The Bertz CT molecular complexity index is 593. The summed E-state index contributed by atoms with van der Waals surface area (Å²) in [4.78, 5) is 24.1. The molecular formula is C20H31NO6. The van der Waals surface area contributed by atoms with Crippen LogP contribution >= 0.6 is 0 Å². The number of esters is 1. The van der Waals surface area contributed by atoms with Crippen LogP contribution in [0.1, 0.15) is 46.1 Å². The fourth-order valence-electron chi connectivity index (χ4n) is 2.45. The van der Waals surface area contributed by atoms with E-state index >= 15 is 0 Å². The van der Waals surface area contributed by atoms with Crippen molar-refractivity contribution in [2.75, 3.05) is 13.7 Å². The maximum Gasteiger partial charge on any atom is 0.408 e. The molecule has 27 heavy (non-hydrogen) atoms. The van der Waals surface area contributed by atoms with Crippen LogP contribution in [0.3, 0.4) is 0 Å². The van der Waals surface area contributed by atoms with Crippen molar-refractivity contribution in [3.63, 3.8) is 0 Å². The van der Waals surface area contributed by atoms with Crippen molar-refractivity contribution in [2.24, 2.45) is 0 Å². The molecule has 0 aromatic heterocycles. The lowest BCUT2D eigenvalue weighted by Gasteiger charge is -2.25. The molecule has 2 unspecified atom stereocenters. The summed E-state index contributed by atoms with van der Waals surface area (Å²) in [5.74, 6) is 0.100. The molecule has 0 radical (unpaired) electrons. The summed E-state index contributed by atoms with van der Waals surface area (Å²) in [6.45, 7) is 6.98. The van der Waals surface area contributed by atoms with E-state index in [1.54, 1.807) is 34.8 Å². The largest absolute Gasteiger partial charge is 0.497 e. The van der Waals surface area contributed by atoms with Gasteiger partial charge in [-0.05, 0) is 64.7 Å². The van der Waals surface area contributed by atoms with Gasteiger partial charge in [0, 0.05) is 0 Å². The van der Waals surface area contributed by atoms with Gasteiger partial charge in [0.1, 0.15) is 11.4 Å². The molecule has 1 rings (SSSR count). The first kappa shape index (κ1) is 22.8. The quantitative estimate of drug-likeness (QED) is 0.639. The van der Waals surface area contributed by atoms with Gasteiger partial charge in [-0.3, -0.25) is 0 Å². The second kappa shape index (κ2) is 10.8. The highest BCUT2D eigenvalue weighted by Crippen LogP contribution is 2.15. The number of methoxy groups -OCH3 is 1. The molecule has 0 spiro atoms. The van der Waals surface area contributed by atoms with E-state index in [0.717, 1.165) is 17.7 Å². The SMILES string of the molecule is CCOC(=O)C(NC(=O)OC(C)(C)C)C(O)CCCc1ccc(OC)cc1. The van der Waals surface area contributed by atoms with Gasteiger partial charge < -0.3 is 24.6 Å². The minimum absolute atomic E-state index is 0.157. The van der Waals surface area contributed by atoms with Crippen LogP contribution < -0.4 is 10.1 Å². The van der Waals surface area contributed by atoms with E-state index in [9.17, 15) is 14.7 Å². The molecule has 0 aliphatic rings.